The van der Waals surface area contributed by atoms with Crippen LogP contribution in [0.5, 0.6) is 0 Å². The van der Waals surface area contributed by atoms with E-state index in [0.717, 1.165) is 6.42 Å². The molecule has 1 N–H and O–H groups in total. The Morgan fingerprint density at radius 2 is 1.77 bits per heavy atom. The van der Waals surface area contributed by atoms with Crippen molar-refractivity contribution in [1.82, 2.24) is 0 Å². The molecule has 0 rings (SSSR count). The molecule has 0 saturated carbocycles. The Morgan fingerprint density at radius 3 is 2.32 bits per heavy atom. The molecule has 22 heavy (non-hydrogen) atoms. The first-order chi connectivity index (χ1) is 10.1. The predicted molar refractivity (Wildman–Crippen MR) is 82.2 cm³/mol. The molecule has 6 heteroatoms. The van der Waals surface area contributed by atoms with Gasteiger partial charge in [-0.15, -0.1) is 0 Å². The first-order valence-corrected chi connectivity index (χ1v) is 7.36. The van der Waals surface area contributed by atoms with Crippen LogP contribution in [0.15, 0.2) is 12.2 Å². The van der Waals surface area contributed by atoms with Gasteiger partial charge >= 0.3 is 11.9 Å². The molecule has 1 unspecified atom stereocenters. The predicted octanol–water partition coefficient (Wildman–Crippen LogP) is 1.85. The van der Waals surface area contributed by atoms with E-state index in [1.165, 1.54) is 6.92 Å². The molecule has 0 aliphatic carbocycles. The van der Waals surface area contributed by atoms with E-state index in [9.17, 15) is 14.7 Å². The Kier molecular flexibility index (Phi) is 9.69. The molecular formula is C16H28O6. The smallest absolute Gasteiger partial charge is 0.333 e. The average Bonchev–Trinajstić information content (AvgIpc) is 2.41. The fraction of sp³-hybridized carbons (Fsp3) is 0.750. The van der Waals surface area contributed by atoms with Gasteiger partial charge in [0.1, 0.15) is 19.3 Å². The lowest BCUT2D eigenvalue weighted by atomic mass is 9.91. The van der Waals surface area contributed by atoms with Gasteiger partial charge in [0, 0.05) is 12.0 Å². The van der Waals surface area contributed by atoms with Crippen molar-refractivity contribution >= 4 is 11.9 Å². The summed E-state index contributed by atoms with van der Waals surface area (Å²) in [4.78, 5) is 22.5. The van der Waals surface area contributed by atoms with Crippen LogP contribution in [-0.2, 0) is 23.8 Å². The topological polar surface area (TPSA) is 82.1 Å². The van der Waals surface area contributed by atoms with Crippen molar-refractivity contribution in [3.05, 3.63) is 12.2 Å². The monoisotopic (exact) mass is 316 g/mol. The maximum atomic E-state index is 11.4. The molecule has 0 heterocycles. The quantitative estimate of drug-likeness (QED) is 0.376. The van der Waals surface area contributed by atoms with E-state index in [2.05, 4.69) is 27.4 Å². The molecule has 1 atom stereocenters. The van der Waals surface area contributed by atoms with E-state index in [0.29, 0.717) is 6.42 Å². The van der Waals surface area contributed by atoms with Crippen LogP contribution in [0.1, 0.15) is 40.5 Å². The van der Waals surface area contributed by atoms with Crippen LogP contribution in [-0.4, -0.2) is 49.6 Å². The largest absolute Gasteiger partial charge is 0.463 e. The Bertz CT molecular complexity index is 369. The third-order valence-electron chi connectivity index (χ3n) is 2.64. The molecule has 0 aromatic heterocycles. The number of carbonyl (C=O) groups excluding carboxylic acids is 2. The van der Waals surface area contributed by atoms with Crippen LogP contribution in [0.3, 0.4) is 0 Å². The highest BCUT2D eigenvalue weighted by molar-refractivity contribution is 5.86. The second-order valence-corrected chi connectivity index (χ2v) is 6.39. The molecule has 128 valence electrons. The highest BCUT2D eigenvalue weighted by atomic mass is 16.6. The van der Waals surface area contributed by atoms with Crippen LogP contribution < -0.4 is 0 Å². The number of rotatable bonds is 10. The highest BCUT2D eigenvalue weighted by Crippen LogP contribution is 2.20. The van der Waals surface area contributed by atoms with Gasteiger partial charge in [-0.1, -0.05) is 27.4 Å². The number of hydrogen-bond donors (Lipinski definition) is 1. The van der Waals surface area contributed by atoms with E-state index < -0.39 is 12.1 Å². The van der Waals surface area contributed by atoms with Crippen molar-refractivity contribution < 1.29 is 28.9 Å². The van der Waals surface area contributed by atoms with Gasteiger partial charge in [-0.05, 0) is 18.8 Å². The zero-order valence-corrected chi connectivity index (χ0v) is 14.0. The van der Waals surface area contributed by atoms with Gasteiger partial charge in [0.15, 0.2) is 0 Å². The normalized spacial score (nSPS) is 12.6. The minimum absolute atomic E-state index is 0.00299. The first-order valence-electron chi connectivity index (χ1n) is 7.36. The molecule has 0 radical (unpaired) electrons. The number of aliphatic hydroxyl groups is 1. The second kappa shape index (κ2) is 10.3. The fourth-order valence-corrected chi connectivity index (χ4v) is 1.33. The van der Waals surface area contributed by atoms with E-state index in [4.69, 9.17) is 14.2 Å². The zero-order valence-electron chi connectivity index (χ0n) is 14.0. The highest BCUT2D eigenvalue weighted by Gasteiger charge is 2.13. The van der Waals surface area contributed by atoms with Crippen molar-refractivity contribution in [2.45, 2.75) is 46.6 Å². The van der Waals surface area contributed by atoms with E-state index in [1.807, 2.05) is 0 Å². The van der Waals surface area contributed by atoms with Gasteiger partial charge in [-0.25, -0.2) is 4.79 Å². The van der Waals surface area contributed by atoms with Crippen molar-refractivity contribution in [2.75, 3.05) is 26.4 Å². The molecule has 0 aliphatic heterocycles. The van der Waals surface area contributed by atoms with E-state index in [1.54, 1.807) is 0 Å². The maximum Gasteiger partial charge on any atom is 0.333 e. The van der Waals surface area contributed by atoms with Gasteiger partial charge in [0.05, 0.1) is 13.2 Å². The second-order valence-electron chi connectivity index (χ2n) is 6.39. The minimum Gasteiger partial charge on any atom is -0.463 e. The molecule has 6 nitrogen and oxygen atoms in total. The Labute approximate surface area is 132 Å². The van der Waals surface area contributed by atoms with Crippen LogP contribution in [0.2, 0.25) is 0 Å². The summed E-state index contributed by atoms with van der Waals surface area (Å²) in [6.45, 7) is 11.3. The fourth-order valence-electron chi connectivity index (χ4n) is 1.33. The summed E-state index contributed by atoms with van der Waals surface area (Å²) in [7, 11) is 0. The molecule has 0 amide bonds. The van der Waals surface area contributed by atoms with Gasteiger partial charge < -0.3 is 19.3 Å². The Hall–Kier alpha value is -1.40. The van der Waals surface area contributed by atoms with Gasteiger partial charge in [0.2, 0.25) is 0 Å². The lowest BCUT2D eigenvalue weighted by Gasteiger charge is -2.17. The molecule has 0 aromatic rings. The first kappa shape index (κ1) is 20.6. The molecule has 0 aromatic carbocycles. The molecular weight excluding hydrogens is 288 g/mol. The van der Waals surface area contributed by atoms with Crippen molar-refractivity contribution in [2.24, 2.45) is 5.41 Å². The van der Waals surface area contributed by atoms with Crippen LogP contribution >= 0.6 is 0 Å². The summed E-state index contributed by atoms with van der Waals surface area (Å²) in [6, 6.07) is 0. The summed E-state index contributed by atoms with van der Waals surface area (Å²) in [5, 5.41) is 9.52. The van der Waals surface area contributed by atoms with Crippen LogP contribution in [0.4, 0.5) is 0 Å². The average molecular weight is 316 g/mol. The molecule has 0 saturated heterocycles. The summed E-state index contributed by atoms with van der Waals surface area (Å²) in [5.41, 5.74) is 0.371. The number of hydrogen-bond acceptors (Lipinski definition) is 6. The van der Waals surface area contributed by atoms with Crippen LogP contribution in [0.25, 0.3) is 0 Å². The van der Waals surface area contributed by atoms with Crippen molar-refractivity contribution in [3.63, 3.8) is 0 Å². The summed E-state index contributed by atoms with van der Waals surface area (Å²) >= 11 is 0. The zero-order chi connectivity index (χ0) is 17.2. The number of ether oxygens (including phenoxy) is 3. The van der Waals surface area contributed by atoms with Gasteiger partial charge in [-0.2, -0.15) is 0 Å². The van der Waals surface area contributed by atoms with Crippen molar-refractivity contribution in [1.29, 1.82) is 0 Å². The summed E-state index contributed by atoms with van der Waals surface area (Å²) in [6.07, 6.45) is 0.225. The summed E-state index contributed by atoms with van der Waals surface area (Å²) < 4.78 is 14.9. The minimum atomic E-state index is -0.917. The third kappa shape index (κ3) is 12.3. The number of esters is 2. The summed E-state index contributed by atoms with van der Waals surface area (Å²) in [5.74, 6) is -0.804. The number of aliphatic hydroxyl groups excluding tert-OH is 1. The van der Waals surface area contributed by atoms with E-state index >= 15 is 0 Å². The molecule has 0 fully saturated rings. The van der Waals surface area contributed by atoms with Gasteiger partial charge in [-0.3, -0.25) is 4.79 Å². The lowest BCUT2D eigenvalue weighted by Crippen LogP contribution is -2.25. The Balaban J connectivity index is 3.58. The standard InChI is InChI=1S/C16H28O6/c1-12(2)15(19)22-11-13(17)10-20-8-9-21-14(18)6-7-16(3,4)5/h13,17H,1,6-11H2,2-5H3. The van der Waals surface area contributed by atoms with Crippen LogP contribution in [0, 0.1) is 5.41 Å². The maximum absolute atomic E-state index is 11.4. The molecule has 0 bridgehead atoms. The lowest BCUT2D eigenvalue weighted by molar-refractivity contribution is -0.147. The molecule has 0 aliphatic rings. The van der Waals surface area contributed by atoms with Gasteiger partial charge in [0.25, 0.3) is 0 Å². The third-order valence-corrected chi connectivity index (χ3v) is 2.64. The van der Waals surface area contributed by atoms with E-state index in [-0.39, 0.29) is 43.4 Å². The Morgan fingerprint density at radius 1 is 1.14 bits per heavy atom. The molecule has 0 spiro atoms. The van der Waals surface area contributed by atoms with Crippen molar-refractivity contribution in [3.8, 4) is 0 Å². The number of carbonyl (C=O) groups is 2. The SMILES string of the molecule is C=C(C)C(=O)OCC(O)COCCOC(=O)CCC(C)(C)C.